The number of hydrogen-bond acceptors (Lipinski definition) is 4. The average Bonchev–Trinajstić information content (AvgIpc) is 3.20. The van der Waals surface area contributed by atoms with E-state index in [2.05, 4.69) is 82.9 Å². The number of aryl methyl sites for hydroxylation is 1. The minimum absolute atomic E-state index is 0. The Balaban J connectivity index is 0.00000320. The first kappa shape index (κ1) is 23.9. The van der Waals surface area contributed by atoms with Gasteiger partial charge in [-0.2, -0.15) is 0 Å². The van der Waals surface area contributed by atoms with Crippen LogP contribution in [0.1, 0.15) is 22.9 Å². The van der Waals surface area contributed by atoms with E-state index in [1.807, 2.05) is 18.2 Å². The molecule has 1 unspecified atom stereocenters. The number of aromatic nitrogens is 1. The molecule has 7 heteroatoms. The third-order valence-electron chi connectivity index (χ3n) is 4.78. The summed E-state index contributed by atoms with van der Waals surface area (Å²) in [5.74, 6) is 1.36. The molecule has 1 aromatic heterocycles. The highest BCUT2D eigenvalue weighted by Crippen LogP contribution is 2.19. The Morgan fingerprint density at radius 2 is 1.77 bits per heavy atom. The molecule has 6 nitrogen and oxygen atoms in total. The maximum Gasteiger partial charge on any atom is 0.226 e. The predicted molar refractivity (Wildman–Crippen MR) is 133 cm³/mol. The summed E-state index contributed by atoms with van der Waals surface area (Å²) in [6.07, 6.45) is 1.68. The zero-order valence-electron chi connectivity index (χ0n) is 17.9. The molecule has 0 spiro atoms. The molecule has 1 heterocycles. The zero-order chi connectivity index (χ0) is 20.6. The van der Waals surface area contributed by atoms with Crippen molar-refractivity contribution in [2.75, 3.05) is 27.7 Å². The van der Waals surface area contributed by atoms with E-state index in [4.69, 9.17) is 4.42 Å². The first-order valence-electron chi connectivity index (χ1n) is 9.74. The van der Waals surface area contributed by atoms with Crippen LogP contribution in [0, 0.1) is 6.92 Å². The van der Waals surface area contributed by atoms with Crippen molar-refractivity contribution in [1.29, 1.82) is 0 Å². The second kappa shape index (κ2) is 11.7. The Labute approximate surface area is 195 Å². The van der Waals surface area contributed by atoms with Crippen molar-refractivity contribution < 1.29 is 4.42 Å². The summed E-state index contributed by atoms with van der Waals surface area (Å²) in [5.41, 5.74) is 4.28. The molecular formula is C23H30IN5O. The number of benzene rings is 2. The van der Waals surface area contributed by atoms with Gasteiger partial charge in [0.1, 0.15) is 6.26 Å². The van der Waals surface area contributed by atoms with Gasteiger partial charge in [0.2, 0.25) is 5.89 Å². The number of hydrogen-bond donors (Lipinski definition) is 2. The molecule has 160 valence electrons. The molecule has 30 heavy (non-hydrogen) atoms. The summed E-state index contributed by atoms with van der Waals surface area (Å²) in [7, 11) is 5.93. The summed E-state index contributed by atoms with van der Waals surface area (Å²) < 4.78 is 5.63. The quantitative estimate of drug-likeness (QED) is 0.278. The number of aliphatic imine (C=N–C) groups is 1. The molecule has 0 fully saturated rings. The summed E-state index contributed by atoms with van der Waals surface area (Å²) in [5, 5.41) is 6.71. The number of guanidine groups is 1. The fourth-order valence-corrected chi connectivity index (χ4v) is 3.08. The third kappa shape index (κ3) is 6.56. The van der Waals surface area contributed by atoms with Crippen molar-refractivity contribution in [3.8, 4) is 11.5 Å². The van der Waals surface area contributed by atoms with Gasteiger partial charge in [-0.05, 0) is 38.7 Å². The molecule has 0 amide bonds. The van der Waals surface area contributed by atoms with Gasteiger partial charge in [-0.15, -0.1) is 24.0 Å². The lowest BCUT2D eigenvalue weighted by Crippen LogP contribution is -2.41. The van der Waals surface area contributed by atoms with Gasteiger partial charge >= 0.3 is 0 Å². The number of halogens is 1. The number of rotatable bonds is 7. The molecule has 2 aromatic carbocycles. The lowest BCUT2D eigenvalue weighted by Gasteiger charge is -2.26. The molecule has 0 aliphatic rings. The first-order chi connectivity index (χ1) is 14.1. The second-order valence-electron chi connectivity index (χ2n) is 7.21. The normalized spacial score (nSPS) is 12.4. The van der Waals surface area contributed by atoms with E-state index in [9.17, 15) is 0 Å². The van der Waals surface area contributed by atoms with E-state index >= 15 is 0 Å². The van der Waals surface area contributed by atoms with Crippen LogP contribution in [0.2, 0.25) is 0 Å². The van der Waals surface area contributed by atoms with E-state index in [-0.39, 0.29) is 30.0 Å². The van der Waals surface area contributed by atoms with Gasteiger partial charge < -0.3 is 20.0 Å². The van der Waals surface area contributed by atoms with Gasteiger partial charge in [-0.3, -0.25) is 4.99 Å². The van der Waals surface area contributed by atoms with Gasteiger partial charge in [-0.1, -0.05) is 48.0 Å². The number of oxazole rings is 1. The van der Waals surface area contributed by atoms with Gasteiger partial charge in [0.05, 0.1) is 18.3 Å². The molecule has 3 aromatic rings. The van der Waals surface area contributed by atoms with Gasteiger partial charge in [0, 0.05) is 19.2 Å². The highest BCUT2D eigenvalue weighted by atomic mass is 127. The summed E-state index contributed by atoms with van der Waals surface area (Å²) in [6, 6.07) is 18.8. The number of likely N-dealkylation sites (N-methyl/N-ethyl adjacent to an activating group) is 1. The molecule has 0 saturated carbocycles. The maximum atomic E-state index is 5.63. The van der Waals surface area contributed by atoms with Crippen LogP contribution in [0.15, 0.2) is 70.3 Å². The molecule has 0 saturated heterocycles. The van der Waals surface area contributed by atoms with Crippen molar-refractivity contribution >= 4 is 29.9 Å². The Kier molecular flexibility index (Phi) is 9.32. The number of nitrogens with one attached hydrogen (secondary N) is 2. The van der Waals surface area contributed by atoms with Crippen LogP contribution in [0.4, 0.5) is 0 Å². The molecular weight excluding hydrogens is 489 g/mol. The Morgan fingerprint density at radius 3 is 2.40 bits per heavy atom. The van der Waals surface area contributed by atoms with Crippen molar-refractivity contribution in [1.82, 2.24) is 20.5 Å². The standard InChI is InChI=1S/C23H29N5O.HI/c1-17-10-12-19(13-11-17)22-27-20(16-29-22)14-25-23(24-2)26-15-21(28(3)4)18-8-6-5-7-9-18;/h5-13,16,21H,14-15H2,1-4H3,(H2,24,25,26);1H. The first-order valence-corrected chi connectivity index (χ1v) is 9.74. The van der Waals surface area contributed by atoms with Gasteiger partial charge in [-0.25, -0.2) is 4.98 Å². The van der Waals surface area contributed by atoms with Crippen LogP contribution in [-0.4, -0.2) is 43.5 Å². The minimum atomic E-state index is 0. The average molecular weight is 519 g/mol. The molecule has 0 radical (unpaired) electrons. The SMILES string of the molecule is CN=C(NCc1coc(-c2ccc(C)cc2)n1)NCC(c1ccccc1)N(C)C.I. The maximum absolute atomic E-state index is 5.63. The molecule has 0 aliphatic carbocycles. The monoisotopic (exact) mass is 519 g/mol. The summed E-state index contributed by atoms with van der Waals surface area (Å²) >= 11 is 0. The molecule has 3 rings (SSSR count). The van der Waals surface area contributed by atoms with Gasteiger partial charge in [0.25, 0.3) is 0 Å². The van der Waals surface area contributed by atoms with Crippen LogP contribution < -0.4 is 10.6 Å². The van der Waals surface area contributed by atoms with Crippen molar-refractivity contribution in [2.24, 2.45) is 4.99 Å². The summed E-state index contributed by atoms with van der Waals surface area (Å²) in [4.78, 5) is 11.1. The lowest BCUT2D eigenvalue weighted by molar-refractivity contribution is 0.298. The smallest absolute Gasteiger partial charge is 0.226 e. The number of nitrogens with zero attached hydrogens (tertiary/aromatic N) is 3. The van der Waals surface area contributed by atoms with E-state index in [1.54, 1.807) is 13.3 Å². The van der Waals surface area contributed by atoms with E-state index in [0.717, 1.165) is 23.8 Å². The molecule has 2 N–H and O–H groups in total. The summed E-state index contributed by atoms with van der Waals surface area (Å²) in [6.45, 7) is 3.34. The topological polar surface area (TPSA) is 65.7 Å². The highest BCUT2D eigenvalue weighted by molar-refractivity contribution is 14.0. The fraction of sp³-hybridized carbons (Fsp3) is 0.304. The minimum Gasteiger partial charge on any atom is -0.444 e. The predicted octanol–water partition coefficient (Wildman–Crippen LogP) is 4.24. The van der Waals surface area contributed by atoms with Gasteiger partial charge in [0.15, 0.2) is 5.96 Å². The van der Waals surface area contributed by atoms with E-state index < -0.39 is 0 Å². The lowest BCUT2D eigenvalue weighted by atomic mass is 10.1. The Hall–Kier alpha value is -2.39. The van der Waals surface area contributed by atoms with Crippen LogP contribution in [0.25, 0.3) is 11.5 Å². The highest BCUT2D eigenvalue weighted by Gasteiger charge is 2.14. The second-order valence-corrected chi connectivity index (χ2v) is 7.21. The van der Waals surface area contributed by atoms with Crippen molar-refractivity contribution in [3.05, 3.63) is 77.7 Å². The fourth-order valence-electron chi connectivity index (χ4n) is 3.08. The third-order valence-corrected chi connectivity index (χ3v) is 4.78. The Bertz CT molecular complexity index is 922. The van der Waals surface area contributed by atoms with Crippen LogP contribution in [0.5, 0.6) is 0 Å². The Morgan fingerprint density at radius 1 is 1.07 bits per heavy atom. The molecule has 1 atom stereocenters. The largest absolute Gasteiger partial charge is 0.444 e. The van der Waals surface area contributed by atoms with Crippen LogP contribution in [-0.2, 0) is 6.54 Å². The van der Waals surface area contributed by atoms with E-state index in [0.29, 0.717) is 12.4 Å². The molecule has 0 aliphatic heterocycles. The van der Waals surface area contributed by atoms with Crippen LogP contribution >= 0.6 is 24.0 Å². The van der Waals surface area contributed by atoms with Crippen LogP contribution in [0.3, 0.4) is 0 Å². The zero-order valence-corrected chi connectivity index (χ0v) is 20.3. The van der Waals surface area contributed by atoms with E-state index in [1.165, 1.54) is 11.1 Å². The molecule has 0 bridgehead atoms. The van der Waals surface area contributed by atoms with Crippen molar-refractivity contribution in [2.45, 2.75) is 19.5 Å². The van der Waals surface area contributed by atoms with Crippen molar-refractivity contribution in [3.63, 3.8) is 0 Å².